The zero-order valence-corrected chi connectivity index (χ0v) is 23.5. The van der Waals surface area contributed by atoms with Gasteiger partial charge in [-0.1, -0.05) is 18.1 Å². The molecule has 4 heterocycles. The normalized spacial score (nSPS) is 15.1. The summed E-state index contributed by atoms with van der Waals surface area (Å²) >= 11 is 0. The second kappa shape index (κ2) is 11.9. The van der Waals surface area contributed by atoms with Gasteiger partial charge >= 0.3 is 11.7 Å². The third-order valence-corrected chi connectivity index (χ3v) is 7.18. The van der Waals surface area contributed by atoms with Gasteiger partial charge in [0.2, 0.25) is 17.2 Å². The molecular formula is C29H34N7O5+. The fourth-order valence-electron chi connectivity index (χ4n) is 5.31. The number of anilines is 1. The predicted molar refractivity (Wildman–Crippen MR) is 154 cm³/mol. The molecule has 1 saturated heterocycles. The molecule has 12 nitrogen and oxygen atoms in total. The number of aromatic amines is 1. The van der Waals surface area contributed by atoms with Crippen LogP contribution in [0.3, 0.4) is 0 Å². The zero-order chi connectivity index (χ0) is 29.1. The van der Waals surface area contributed by atoms with E-state index in [0.29, 0.717) is 30.5 Å². The van der Waals surface area contributed by atoms with Crippen molar-refractivity contribution < 1.29 is 19.3 Å². The molecule has 0 radical (unpaired) electrons. The first-order chi connectivity index (χ1) is 19.9. The molecule has 1 atom stereocenters. The average molecular weight is 561 g/mol. The van der Waals surface area contributed by atoms with Crippen molar-refractivity contribution in [3.05, 3.63) is 56.9 Å². The molecule has 4 aromatic rings. The summed E-state index contributed by atoms with van der Waals surface area (Å²) < 4.78 is 14.8. The molecule has 1 aromatic carbocycles. The second-order valence-corrected chi connectivity index (χ2v) is 9.92. The van der Waals surface area contributed by atoms with Gasteiger partial charge in [0.1, 0.15) is 18.8 Å². The predicted octanol–water partition coefficient (Wildman–Crippen LogP) is 0.898. The summed E-state index contributed by atoms with van der Waals surface area (Å²) in [5, 5.41) is 0.863. The monoisotopic (exact) mass is 560 g/mol. The Balaban J connectivity index is 1.75. The number of fused-ring (bicyclic) bond motifs is 2. The van der Waals surface area contributed by atoms with Crippen LogP contribution in [0.4, 0.5) is 5.95 Å². The molecule has 0 aliphatic carbocycles. The van der Waals surface area contributed by atoms with Crippen molar-refractivity contribution in [1.29, 1.82) is 0 Å². The number of nitrogens with zero attached hydrogens (tertiary/aromatic N) is 5. The zero-order valence-electron chi connectivity index (χ0n) is 23.5. The average Bonchev–Trinajstić information content (AvgIpc) is 3.35. The van der Waals surface area contributed by atoms with Gasteiger partial charge in [-0.25, -0.2) is 14.3 Å². The Morgan fingerprint density at radius 2 is 2.02 bits per heavy atom. The number of piperidine rings is 1. The van der Waals surface area contributed by atoms with E-state index in [4.69, 9.17) is 20.2 Å². The number of para-hydroxylation sites is 1. The summed E-state index contributed by atoms with van der Waals surface area (Å²) in [6.07, 6.45) is 1.75. The van der Waals surface area contributed by atoms with Crippen molar-refractivity contribution in [1.82, 2.24) is 18.7 Å². The van der Waals surface area contributed by atoms with Crippen LogP contribution in [0.25, 0.3) is 22.1 Å². The first kappa shape index (κ1) is 27.9. The van der Waals surface area contributed by atoms with E-state index in [1.165, 1.54) is 4.57 Å². The van der Waals surface area contributed by atoms with E-state index in [1.54, 1.807) is 31.6 Å². The van der Waals surface area contributed by atoms with E-state index in [0.717, 1.165) is 28.3 Å². The number of esters is 1. The van der Waals surface area contributed by atoms with Gasteiger partial charge in [0.25, 0.3) is 5.56 Å². The van der Waals surface area contributed by atoms with Crippen LogP contribution in [-0.2, 0) is 29.2 Å². The fourth-order valence-corrected chi connectivity index (χ4v) is 5.31. The second-order valence-electron chi connectivity index (χ2n) is 9.92. The maximum absolute atomic E-state index is 14.1. The third kappa shape index (κ3) is 5.40. The number of imidazole rings is 1. The van der Waals surface area contributed by atoms with Gasteiger partial charge in [-0.15, -0.1) is 5.92 Å². The lowest BCUT2D eigenvalue weighted by Gasteiger charge is -2.31. The van der Waals surface area contributed by atoms with Gasteiger partial charge < -0.3 is 20.1 Å². The molecule has 1 aliphatic rings. The van der Waals surface area contributed by atoms with Crippen LogP contribution in [0, 0.1) is 11.8 Å². The van der Waals surface area contributed by atoms with Crippen molar-refractivity contribution in [2.75, 3.05) is 31.7 Å². The highest BCUT2D eigenvalue weighted by Crippen LogP contribution is 2.25. The van der Waals surface area contributed by atoms with Gasteiger partial charge in [0.15, 0.2) is 11.2 Å². The number of rotatable bonds is 8. The number of benzene rings is 1. The van der Waals surface area contributed by atoms with Crippen LogP contribution in [0.2, 0.25) is 0 Å². The summed E-state index contributed by atoms with van der Waals surface area (Å²) in [6.45, 7) is 4.49. The first-order valence-corrected chi connectivity index (χ1v) is 13.6. The Morgan fingerprint density at radius 3 is 2.76 bits per heavy atom. The van der Waals surface area contributed by atoms with Crippen molar-refractivity contribution in [2.45, 2.75) is 52.4 Å². The van der Waals surface area contributed by atoms with E-state index in [2.05, 4.69) is 16.8 Å². The molecule has 0 saturated carbocycles. The van der Waals surface area contributed by atoms with Crippen LogP contribution in [0.1, 0.15) is 32.4 Å². The Morgan fingerprint density at radius 1 is 1.22 bits per heavy atom. The first-order valence-electron chi connectivity index (χ1n) is 13.6. The number of hydrogen-bond donors (Lipinski definition) is 1. The molecule has 5 rings (SSSR count). The molecule has 0 spiro atoms. The van der Waals surface area contributed by atoms with Crippen LogP contribution in [0.15, 0.2) is 39.9 Å². The van der Waals surface area contributed by atoms with E-state index in [9.17, 15) is 14.4 Å². The number of ether oxygens (including phenoxy) is 2. The van der Waals surface area contributed by atoms with Crippen LogP contribution < -0.4 is 31.6 Å². The number of nitrogens with one attached hydrogen (secondary N) is 1. The molecule has 3 aromatic heterocycles. The lowest BCUT2D eigenvalue weighted by atomic mass is 10.1. The van der Waals surface area contributed by atoms with E-state index >= 15 is 0 Å². The smallest absolute Gasteiger partial charge is 0.333 e. The summed E-state index contributed by atoms with van der Waals surface area (Å²) in [6, 6.07) is 9.30. The minimum atomic E-state index is -0.677. The summed E-state index contributed by atoms with van der Waals surface area (Å²) in [7, 11) is 1.57. The minimum absolute atomic E-state index is 0.0499. The molecule has 3 N–H and O–H groups in total. The third-order valence-electron chi connectivity index (χ3n) is 7.18. The number of aromatic nitrogens is 5. The number of nitrogens with two attached hydrogens (primary N) is 1. The van der Waals surface area contributed by atoms with Crippen LogP contribution in [-0.4, -0.2) is 57.5 Å². The van der Waals surface area contributed by atoms with Gasteiger partial charge in [-0.05, 0) is 32.8 Å². The highest BCUT2D eigenvalue weighted by atomic mass is 16.5. The van der Waals surface area contributed by atoms with Crippen molar-refractivity contribution in [3.63, 3.8) is 0 Å². The molecule has 41 heavy (non-hydrogen) atoms. The minimum Gasteiger partial charge on any atom is -0.496 e. The summed E-state index contributed by atoms with van der Waals surface area (Å²) in [5.41, 5.74) is 6.69. The number of carbonyl (C=O) groups is 1. The number of pyridine rings is 1. The largest absolute Gasteiger partial charge is 0.496 e. The standard InChI is InChI=1S/C29H33N7O5/c1-4-6-14-34-25-26(32-28(34)33-13-9-10-19(30)16-33)35(18-24(37)41-5-2)29(39)36(27(25)38)17-20-15-23(40-3)21-11-7-8-12-22(21)31-20/h7-8,11-12,15,19H,5,9-10,13-14,16-18,30H2,1-3H3/p+1. The Bertz CT molecular complexity index is 1790. The molecule has 1 unspecified atom stereocenters. The van der Waals surface area contributed by atoms with Gasteiger partial charge in [-0.2, -0.15) is 4.98 Å². The highest BCUT2D eigenvalue weighted by Gasteiger charge is 2.28. The summed E-state index contributed by atoms with van der Waals surface area (Å²) in [5.74, 6) is 6.38. The summed E-state index contributed by atoms with van der Waals surface area (Å²) in [4.78, 5) is 50.7. The van der Waals surface area contributed by atoms with Crippen molar-refractivity contribution in [3.8, 4) is 17.6 Å². The lowest BCUT2D eigenvalue weighted by molar-refractivity contribution is -0.358. The van der Waals surface area contributed by atoms with Crippen molar-refractivity contribution in [2.24, 2.45) is 5.73 Å². The molecular weight excluding hydrogens is 526 g/mol. The number of H-pyrrole nitrogens is 1. The fraction of sp³-hybridized carbons (Fsp3) is 0.414. The number of hydrogen-bond acceptors (Lipinski definition) is 8. The maximum Gasteiger partial charge on any atom is 0.333 e. The Hall–Kier alpha value is -4.63. The Labute approximate surface area is 236 Å². The molecule has 0 amide bonds. The van der Waals surface area contributed by atoms with Crippen molar-refractivity contribution >= 4 is 34.0 Å². The van der Waals surface area contributed by atoms with E-state index in [-0.39, 0.29) is 36.9 Å². The topological polar surface area (TPSA) is 141 Å². The molecule has 1 fully saturated rings. The maximum atomic E-state index is 14.1. The SMILES string of the molecule is CC#CCn1c(N2CCCC(N)C2)nc2c1c(=O)n(Cc1cc(OC)c3ccccc3[nH+]1)c(=O)n2CC(=O)OCC. The highest BCUT2D eigenvalue weighted by molar-refractivity contribution is 5.82. The number of methoxy groups -OCH3 is 1. The molecule has 12 heteroatoms. The van der Waals surface area contributed by atoms with E-state index in [1.807, 2.05) is 29.2 Å². The Kier molecular flexibility index (Phi) is 8.07. The van der Waals surface area contributed by atoms with Crippen LogP contribution >= 0.6 is 0 Å². The van der Waals surface area contributed by atoms with E-state index < -0.39 is 23.8 Å². The molecule has 214 valence electrons. The molecule has 1 aliphatic heterocycles. The van der Waals surface area contributed by atoms with Crippen LogP contribution in [0.5, 0.6) is 5.75 Å². The van der Waals surface area contributed by atoms with Gasteiger partial charge in [-0.3, -0.25) is 18.7 Å². The molecule has 0 bridgehead atoms. The quantitative estimate of drug-likeness (QED) is 0.248. The number of carbonyl (C=O) groups excluding carboxylic acids is 1. The van der Waals surface area contributed by atoms with Gasteiger partial charge in [0, 0.05) is 25.2 Å². The van der Waals surface area contributed by atoms with Gasteiger partial charge in [0.05, 0.1) is 31.7 Å². The lowest BCUT2D eigenvalue weighted by Crippen LogP contribution is -2.44.